The molecule has 0 bridgehead atoms. The van der Waals surface area contributed by atoms with Gasteiger partial charge in [0, 0.05) is 25.0 Å². The van der Waals surface area contributed by atoms with Gasteiger partial charge in [-0.3, -0.25) is 4.68 Å². The lowest BCUT2D eigenvalue weighted by Crippen LogP contribution is -2.21. The maximum absolute atomic E-state index is 11.0. The van der Waals surface area contributed by atoms with Gasteiger partial charge in [0.2, 0.25) is 0 Å². The van der Waals surface area contributed by atoms with E-state index in [2.05, 4.69) is 15.6 Å². The first kappa shape index (κ1) is 13.1. The van der Waals surface area contributed by atoms with Crippen molar-refractivity contribution in [2.75, 3.05) is 12.0 Å². The molecule has 1 aromatic heterocycles. The van der Waals surface area contributed by atoms with Crippen molar-refractivity contribution in [2.45, 2.75) is 33.0 Å². The van der Waals surface area contributed by atoms with Gasteiger partial charge in [-0.15, -0.1) is 5.10 Å². The minimum absolute atomic E-state index is 0.0907. The summed E-state index contributed by atoms with van der Waals surface area (Å²) in [6.45, 7) is 5.10. The number of rotatable bonds is 6. The van der Waals surface area contributed by atoms with Gasteiger partial charge in [-0.25, -0.2) is 8.42 Å². The van der Waals surface area contributed by atoms with Crippen LogP contribution in [0.25, 0.3) is 0 Å². The molecule has 0 spiro atoms. The molecule has 1 heterocycles. The number of nitrogens with zero attached hydrogens (tertiary/aromatic N) is 3. The number of nitrogens with one attached hydrogen (secondary N) is 1. The molecule has 7 heteroatoms. The first-order chi connectivity index (χ1) is 7.37. The first-order valence-corrected chi connectivity index (χ1v) is 7.23. The van der Waals surface area contributed by atoms with E-state index in [1.807, 2.05) is 13.8 Å². The number of hydrogen-bond acceptors (Lipinski definition) is 5. The van der Waals surface area contributed by atoms with Crippen molar-refractivity contribution in [3.05, 3.63) is 11.9 Å². The fourth-order valence-electron chi connectivity index (χ4n) is 1.10. The van der Waals surface area contributed by atoms with Gasteiger partial charge in [0.25, 0.3) is 0 Å². The summed E-state index contributed by atoms with van der Waals surface area (Å²) in [6.07, 6.45) is 2.98. The average molecular weight is 246 g/mol. The van der Waals surface area contributed by atoms with Gasteiger partial charge in [0.15, 0.2) is 0 Å². The lowest BCUT2D eigenvalue weighted by molar-refractivity contribution is 0.577. The van der Waals surface area contributed by atoms with Crippen molar-refractivity contribution < 1.29 is 8.42 Å². The lowest BCUT2D eigenvalue weighted by atomic mass is 10.3. The fraction of sp³-hybridized carbons (Fsp3) is 0.778. The number of aryl methyl sites for hydroxylation is 1. The van der Waals surface area contributed by atoms with Crippen LogP contribution >= 0.6 is 0 Å². The third kappa shape index (κ3) is 5.22. The summed E-state index contributed by atoms with van der Waals surface area (Å²) in [5.74, 6) is 0.0907. The van der Waals surface area contributed by atoms with E-state index in [1.54, 1.807) is 10.9 Å². The molecule has 16 heavy (non-hydrogen) atoms. The second-order valence-electron chi connectivity index (χ2n) is 4.14. The minimum Gasteiger partial charge on any atom is -0.309 e. The Hall–Kier alpha value is -0.950. The van der Waals surface area contributed by atoms with Gasteiger partial charge >= 0.3 is 0 Å². The van der Waals surface area contributed by atoms with Gasteiger partial charge in [-0.1, -0.05) is 19.1 Å². The molecule has 0 saturated heterocycles. The highest BCUT2D eigenvalue weighted by molar-refractivity contribution is 7.90. The van der Waals surface area contributed by atoms with Crippen molar-refractivity contribution >= 4 is 9.84 Å². The lowest BCUT2D eigenvalue weighted by Gasteiger charge is -2.04. The van der Waals surface area contributed by atoms with Crippen LogP contribution in [0.4, 0.5) is 0 Å². The molecule has 0 fully saturated rings. The van der Waals surface area contributed by atoms with E-state index < -0.39 is 9.84 Å². The summed E-state index contributed by atoms with van der Waals surface area (Å²) < 4.78 is 23.5. The van der Waals surface area contributed by atoms with Crippen LogP contribution in [0.3, 0.4) is 0 Å². The van der Waals surface area contributed by atoms with Crippen molar-refractivity contribution in [3.8, 4) is 0 Å². The quantitative estimate of drug-likeness (QED) is 0.753. The maximum Gasteiger partial charge on any atom is 0.149 e. The number of aromatic nitrogens is 3. The molecular formula is C9H18N4O2S. The second-order valence-corrected chi connectivity index (χ2v) is 6.40. The number of sulfone groups is 1. The van der Waals surface area contributed by atoms with Crippen molar-refractivity contribution in [1.82, 2.24) is 20.3 Å². The Bertz CT molecular complexity index is 424. The fourth-order valence-corrected chi connectivity index (χ4v) is 1.62. The van der Waals surface area contributed by atoms with E-state index in [-0.39, 0.29) is 5.75 Å². The first-order valence-electron chi connectivity index (χ1n) is 5.17. The highest BCUT2D eigenvalue weighted by Gasteiger charge is 2.05. The SMILES string of the molecule is CC(C)NCc1cn(CCS(C)(=O)=O)nn1. The Balaban J connectivity index is 2.45. The van der Waals surface area contributed by atoms with Crippen LogP contribution in [0.2, 0.25) is 0 Å². The van der Waals surface area contributed by atoms with Crippen LogP contribution in [0.5, 0.6) is 0 Å². The molecule has 0 saturated carbocycles. The van der Waals surface area contributed by atoms with E-state index >= 15 is 0 Å². The van der Waals surface area contributed by atoms with E-state index in [1.165, 1.54) is 6.26 Å². The Labute approximate surface area is 96.0 Å². The summed E-state index contributed by atoms with van der Waals surface area (Å²) in [5.41, 5.74) is 0.821. The van der Waals surface area contributed by atoms with Crippen LogP contribution in [0, 0.1) is 0 Å². The molecule has 6 nitrogen and oxygen atoms in total. The minimum atomic E-state index is -2.94. The molecule has 0 aliphatic heterocycles. The molecular weight excluding hydrogens is 228 g/mol. The van der Waals surface area contributed by atoms with Crippen LogP contribution in [-0.2, 0) is 22.9 Å². The molecule has 0 amide bonds. The molecule has 92 valence electrons. The zero-order valence-corrected chi connectivity index (χ0v) is 10.7. The summed E-state index contributed by atoms with van der Waals surface area (Å²) in [7, 11) is -2.94. The Morgan fingerprint density at radius 3 is 2.75 bits per heavy atom. The zero-order chi connectivity index (χ0) is 12.2. The zero-order valence-electron chi connectivity index (χ0n) is 9.84. The predicted octanol–water partition coefficient (Wildman–Crippen LogP) is -0.179. The smallest absolute Gasteiger partial charge is 0.149 e. The van der Waals surface area contributed by atoms with Crippen LogP contribution in [-0.4, -0.2) is 41.5 Å². The molecule has 1 aromatic rings. The Morgan fingerprint density at radius 1 is 1.50 bits per heavy atom. The monoisotopic (exact) mass is 246 g/mol. The highest BCUT2D eigenvalue weighted by atomic mass is 32.2. The third-order valence-corrected chi connectivity index (χ3v) is 2.89. The summed E-state index contributed by atoms with van der Waals surface area (Å²) in [6, 6.07) is 0.390. The van der Waals surface area contributed by atoms with E-state index in [9.17, 15) is 8.42 Å². The van der Waals surface area contributed by atoms with Crippen LogP contribution in [0.1, 0.15) is 19.5 Å². The molecule has 0 aliphatic rings. The highest BCUT2D eigenvalue weighted by Crippen LogP contribution is 1.95. The molecule has 0 aromatic carbocycles. The molecule has 0 aliphatic carbocycles. The summed E-state index contributed by atoms with van der Waals surface area (Å²) in [4.78, 5) is 0. The molecule has 0 atom stereocenters. The van der Waals surface area contributed by atoms with Crippen molar-refractivity contribution in [2.24, 2.45) is 0 Å². The standard InChI is InChI=1S/C9H18N4O2S/c1-8(2)10-6-9-7-13(12-11-9)4-5-16(3,14)15/h7-8,10H,4-6H2,1-3H3. The number of hydrogen-bond donors (Lipinski definition) is 1. The Kier molecular flexibility index (Phi) is 4.43. The van der Waals surface area contributed by atoms with Gasteiger partial charge in [0.05, 0.1) is 18.0 Å². The van der Waals surface area contributed by atoms with Gasteiger partial charge in [-0.05, 0) is 0 Å². The van der Waals surface area contributed by atoms with Crippen LogP contribution in [0.15, 0.2) is 6.20 Å². The predicted molar refractivity (Wildman–Crippen MR) is 61.7 cm³/mol. The summed E-state index contributed by atoms with van der Waals surface area (Å²) in [5, 5.41) is 11.0. The molecule has 0 radical (unpaired) electrons. The van der Waals surface area contributed by atoms with E-state index in [0.717, 1.165) is 5.69 Å². The van der Waals surface area contributed by atoms with Gasteiger partial charge in [0.1, 0.15) is 9.84 Å². The van der Waals surface area contributed by atoms with E-state index in [0.29, 0.717) is 19.1 Å². The largest absolute Gasteiger partial charge is 0.309 e. The summed E-state index contributed by atoms with van der Waals surface area (Å²) >= 11 is 0. The van der Waals surface area contributed by atoms with Gasteiger partial charge < -0.3 is 5.32 Å². The van der Waals surface area contributed by atoms with Crippen molar-refractivity contribution in [1.29, 1.82) is 0 Å². The average Bonchev–Trinajstić information content (AvgIpc) is 2.58. The van der Waals surface area contributed by atoms with Crippen molar-refractivity contribution in [3.63, 3.8) is 0 Å². The topological polar surface area (TPSA) is 76.9 Å². The second kappa shape index (κ2) is 5.40. The van der Waals surface area contributed by atoms with E-state index in [4.69, 9.17) is 0 Å². The molecule has 1 N–H and O–H groups in total. The maximum atomic E-state index is 11.0. The normalized spacial score (nSPS) is 12.2. The van der Waals surface area contributed by atoms with Crippen LogP contribution < -0.4 is 5.32 Å². The molecule has 0 unspecified atom stereocenters. The molecule has 1 rings (SSSR count). The Morgan fingerprint density at radius 2 is 2.19 bits per heavy atom. The third-order valence-electron chi connectivity index (χ3n) is 1.97. The van der Waals surface area contributed by atoms with Gasteiger partial charge in [-0.2, -0.15) is 0 Å².